The Morgan fingerprint density at radius 2 is 2.07 bits per heavy atom. The molecule has 0 radical (unpaired) electrons. The number of imide groups is 1. The number of nitrogens with zero attached hydrogens (tertiary/aromatic N) is 6. The lowest BCUT2D eigenvalue weighted by Crippen LogP contribution is -2.61. The number of likely N-dealkylation sites (N-methyl/N-ethyl adjacent to an activating group) is 2. The summed E-state index contributed by atoms with van der Waals surface area (Å²) in [5.41, 5.74) is 1.82. The minimum absolute atomic E-state index is 0.00173. The zero-order valence-corrected chi connectivity index (χ0v) is 15.5. The highest BCUT2D eigenvalue weighted by molar-refractivity contribution is 8.13. The molecule has 1 aromatic carbocycles. The minimum Gasteiger partial charge on any atom is -0.341 e. The van der Waals surface area contributed by atoms with Gasteiger partial charge in [0.2, 0.25) is 0 Å². The largest absolute Gasteiger partial charge is 0.359 e. The Kier molecular flexibility index (Phi) is 4.16. The molecule has 136 valence electrons. The number of carbonyl (C=O) groups is 2. The molecule has 9 nitrogen and oxygen atoms in total. The van der Waals surface area contributed by atoms with Crippen LogP contribution in [0.3, 0.4) is 0 Å². The monoisotopic (exact) mass is 382 g/mol. The number of H-pyrrole nitrogens is 1. The van der Waals surface area contributed by atoms with Gasteiger partial charge in [-0.05, 0) is 28.9 Å². The number of imidazole rings is 1. The first kappa shape index (κ1) is 17.2. The standard InChI is InChI=1S/C17H16N7O2S/c1-22-14-13(15(25)23(2)17(22)26)24(8-7-18)16(21-14)27-9-12-19-10-5-3-4-6-11(10)20-12/h3-6,13H,8-9H2,1-2H3,(H,19,20)/q+1. The summed E-state index contributed by atoms with van der Waals surface area (Å²) < 4.78 is 1.63. The molecular weight excluding hydrogens is 366 g/mol. The maximum atomic E-state index is 12.6. The number of aliphatic imine (C=N–C) groups is 1. The second-order valence-electron chi connectivity index (χ2n) is 6.17. The van der Waals surface area contributed by atoms with Crippen LogP contribution in [0.4, 0.5) is 4.79 Å². The van der Waals surface area contributed by atoms with E-state index < -0.39 is 12.1 Å². The fraction of sp³-hybridized carbons (Fsp3) is 0.294. The van der Waals surface area contributed by atoms with Crippen molar-refractivity contribution in [2.45, 2.75) is 11.8 Å². The molecular formula is C17H16N7O2S+. The quantitative estimate of drug-likeness (QED) is 0.629. The van der Waals surface area contributed by atoms with Gasteiger partial charge in [-0.25, -0.2) is 14.4 Å². The number of nitrogens with one attached hydrogen (secondary N) is 1. The zero-order chi connectivity index (χ0) is 19.1. The van der Waals surface area contributed by atoms with Crippen LogP contribution in [0.2, 0.25) is 0 Å². The molecule has 0 bridgehead atoms. The number of amidine groups is 2. The predicted molar refractivity (Wildman–Crippen MR) is 100 cm³/mol. The van der Waals surface area contributed by atoms with Crippen LogP contribution in [0.5, 0.6) is 0 Å². The molecule has 2 aromatic rings. The fourth-order valence-corrected chi connectivity index (χ4v) is 4.03. The van der Waals surface area contributed by atoms with Crippen molar-refractivity contribution in [3.8, 4) is 6.07 Å². The van der Waals surface area contributed by atoms with E-state index in [-0.39, 0.29) is 12.5 Å². The number of fused-ring (bicyclic) bond motifs is 2. The highest BCUT2D eigenvalue weighted by atomic mass is 32.2. The smallest absolute Gasteiger partial charge is 0.341 e. The van der Waals surface area contributed by atoms with Gasteiger partial charge in [-0.1, -0.05) is 12.1 Å². The number of nitriles is 1. The third-order valence-electron chi connectivity index (χ3n) is 4.51. The highest BCUT2D eigenvalue weighted by Crippen LogP contribution is 2.24. The summed E-state index contributed by atoms with van der Waals surface area (Å²) in [6, 6.07) is 8.62. The summed E-state index contributed by atoms with van der Waals surface area (Å²) in [5.74, 6) is 1.24. The molecule has 1 aromatic heterocycles. The van der Waals surface area contributed by atoms with E-state index in [0.29, 0.717) is 16.8 Å². The van der Waals surface area contributed by atoms with Gasteiger partial charge in [0.05, 0.1) is 16.8 Å². The van der Waals surface area contributed by atoms with E-state index in [4.69, 9.17) is 0 Å². The number of thioether (sulfide) groups is 1. The van der Waals surface area contributed by atoms with Crippen LogP contribution in [0.25, 0.3) is 11.0 Å². The minimum atomic E-state index is -0.754. The van der Waals surface area contributed by atoms with Crippen LogP contribution in [-0.2, 0) is 10.5 Å². The van der Waals surface area contributed by atoms with Crippen LogP contribution >= 0.6 is 11.8 Å². The molecule has 3 heterocycles. The third kappa shape index (κ3) is 2.76. The Morgan fingerprint density at radius 1 is 1.30 bits per heavy atom. The van der Waals surface area contributed by atoms with Crippen LogP contribution in [0.15, 0.2) is 29.3 Å². The second kappa shape index (κ2) is 6.51. The van der Waals surface area contributed by atoms with Crippen LogP contribution < -0.4 is 0 Å². The lowest BCUT2D eigenvalue weighted by Gasteiger charge is -2.30. The summed E-state index contributed by atoms with van der Waals surface area (Å²) >= 11 is 1.37. The van der Waals surface area contributed by atoms with E-state index in [9.17, 15) is 14.9 Å². The number of aromatic amines is 1. The Labute approximate surface area is 159 Å². The van der Waals surface area contributed by atoms with Gasteiger partial charge in [-0.15, -0.1) is 0 Å². The molecule has 27 heavy (non-hydrogen) atoms. The lowest BCUT2D eigenvalue weighted by atomic mass is 10.1. The van der Waals surface area contributed by atoms with Crippen molar-refractivity contribution in [2.24, 2.45) is 4.99 Å². The molecule has 2 aliphatic rings. The molecule has 10 heteroatoms. The maximum absolute atomic E-state index is 12.6. The molecule has 1 unspecified atom stereocenters. The van der Waals surface area contributed by atoms with Crippen molar-refractivity contribution in [3.05, 3.63) is 30.1 Å². The predicted octanol–water partition coefficient (Wildman–Crippen LogP) is 0.993. The first-order valence-corrected chi connectivity index (χ1v) is 9.20. The van der Waals surface area contributed by atoms with E-state index >= 15 is 0 Å². The Morgan fingerprint density at radius 3 is 2.81 bits per heavy atom. The SMILES string of the molecule is CN1C(=O)C2C(=NC(SCc3nc4ccccc4[nH]3)=[N+]2CC#N)N(C)C1=O. The third-order valence-corrected chi connectivity index (χ3v) is 5.51. The lowest BCUT2D eigenvalue weighted by molar-refractivity contribution is -0.521. The molecule has 1 atom stereocenters. The Balaban J connectivity index is 1.64. The van der Waals surface area contributed by atoms with Gasteiger partial charge in [-0.2, -0.15) is 5.26 Å². The van der Waals surface area contributed by atoms with Crippen molar-refractivity contribution in [1.29, 1.82) is 5.26 Å². The topological polar surface area (TPSA) is 108 Å². The van der Waals surface area contributed by atoms with Gasteiger partial charge in [0.25, 0.3) is 17.8 Å². The number of aromatic nitrogens is 2. The first-order chi connectivity index (χ1) is 13.0. The van der Waals surface area contributed by atoms with Gasteiger partial charge < -0.3 is 4.98 Å². The molecule has 1 N–H and O–H groups in total. The van der Waals surface area contributed by atoms with E-state index in [1.807, 2.05) is 24.3 Å². The number of urea groups is 1. The van der Waals surface area contributed by atoms with Gasteiger partial charge >= 0.3 is 11.2 Å². The van der Waals surface area contributed by atoms with Gasteiger partial charge in [-0.3, -0.25) is 14.6 Å². The van der Waals surface area contributed by atoms with Crippen LogP contribution in [0, 0.1) is 11.3 Å². The second-order valence-corrected chi connectivity index (χ2v) is 7.11. The Bertz CT molecular complexity index is 1030. The number of para-hydroxylation sites is 2. The number of rotatable bonds is 3. The maximum Gasteiger partial charge on any atom is 0.359 e. The van der Waals surface area contributed by atoms with Crippen LogP contribution in [0.1, 0.15) is 5.82 Å². The number of hydrogen-bond donors (Lipinski definition) is 1. The summed E-state index contributed by atoms with van der Waals surface area (Å²) in [6.07, 6.45) is 0. The molecule has 1 saturated heterocycles. The molecule has 0 spiro atoms. The summed E-state index contributed by atoms with van der Waals surface area (Å²) in [6.45, 7) is 0.00173. The molecule has 2 aliphatic heterocycles. The summed E-state index contributed by atoms with van der Waals surface area (Å²) in [7, 11) is 3.01. The van der Waals surface area contributed by atoms with Crippen LogP contribution in [-0.4, -0.2) is 74.0 Å². The van der Waals surface area contributed by atoms with E-state index in [2.05, 4.69) is 21.0 Å². The molecule has 3 amide bonds. The normalized spacial score (nSPS) is 19.6. The number of hydrogen-bond acceptors (Lipinski definition) is 6. The van der Waals surface area contributed by atoms with Crippen molar-refractivity contribution >= 4 is 45.7 Å². The molecule has 4 rings (SSSR count). The van der Waals surface area contributed by atoms with Crippen molar-refractivity contribution < 1.29 is 14.2 Å². The van der Waals surface area contributed by atoms with E-state index in [1.54, 1.807) is 11.6 Å². The molecule has 0 saturated carbocycles. The number of benzene rings is 1. The first-order valence-electron chi connectivity index (χ1n) is 8.22. The Hall–Kier alpha value is -3.19. The summed E-state index contributed by atoms with van der Waals surface area (Å²) in [5, 5.41) is 9.72. The van der Waals surface area contributed by atoms with Gasteiger partial charge in [0.15, 0.2) is 6.54 Å². The highest BCUT2D eigenvalue weighted by Gasteiger charge is 2.53. The van der Waals surface area contributed by atoms with Gasteiger partial charge in [0, 0.05) is 14.1 Å². The van der Waals surface area contributed by atoms with Gasteiger partial charge in [0.1, 0.15) is 11.9 Å². The zero-order valence-electron chi connectivity index (χ0n) is 14.7. The number of carbonyl (C=O) groups excluding carboxylic acids is 2. The average molecular weight is 382 g/mol. The fourth-order valence-electron chi connectivity index (χ4n) is 3.13. The average Bonchev–Trinajstić information content (AvgIpc) is 3.24. The van der Waals surface area contributed by atoms with E-state index in [0.717, 1.165) is 21.8 Å². The number of amides is 3. The van der Waals surface area contributed by atoms with Crippen molar-refractivity contribution in [3.63, 3.8) is 0 Å². The van der Waals surface area contributed by atoms with Crippen molar-refractivity contribution in [1.82, 2.24) is 19.8 Å². The van der Waals surface area contributed by atoms with Crippen molar-refractivity contribution in [2.75, 3.05) is 20.6 Å². The molecule has 1 fully saturated rings. The summed E-state index contributed by atoms with van der Waals surface area (Å²) in [4.78, 5) is 39.4. The molecule has 0 aliphatic carbocycles. The van der Waals surface area contributed by atoms with E-state index in [1.165, 1.54) is 23.7 Å².